The maximum atomic E-state index is 13.7. The van der Waals surface area contributed by atoms with Crippen molar-refractivity contribution in [3.8, 4) is 0 Å². The fourth-order valence-electron chi connectivity index (χ4n) is 2.55. The van der Waals surface area contributed by atoms with Crippen molar-refractivity contribution in [2.45, 2.75) is 6.54 Å². The Morgan fingerprint density at radius 3 is 2.58 bits per heavy atom. The molecule has 1 fully saturated rings. The largest absolute Gasteiger partial charge is 0.358 e. The number of nitrogens with zero attached hydrogens (tertiary/aromatic N) is 3. The van der Waals surface area contributed by atoms with E-state index in [4.69, 9.17) is 11.6 Å². The molecular formula is C15H13ClF2N4O2. The summed E-state index contributed by atoms with van der Waals surface area (Å²) in [5.41, 5.74) is -0.335. The van der Waals surface area contributed by atoms with Crippen LogP contribution in [0.3, 0.4) is 0 Å². The van der Waals surface area contributed by atoms with Crippen LogP contribution >= 0.6 is 11.6 Å². The summed E-state index contributed by atoms with van der Waals surface area (Å²) in [4.78, 5) is 26.8. The molecule has 24 heavy (non-hydrogen) atoms. The molecule has 9 heteroatoms. The monoisotopic (exact) mass is 354 g/mol. The van der Waals surface area contributed by atoms with Crippen LogP contribution in [0.4, 0.5) is 14.5 Å². The van der Waals surface area contributed by atoms with Crippen LogP contribution in [0.5, 0.6) is 0 Å². The van der Waals surface area contributed by atoms with E-state index in [0.717, 1.165) is 12.1 Å². The number of halogens is 3. The Morgan fingerprint density at radius 2 is 1.92 bits per heavy atom. The van der Waals surface area contributed by atoms with Gasteiger partial charge in [0.15, 0.2) is 0 Å². The number of piperazine rings is 1. The highest BCUT2D eigenvalue weighted by Gasteiger charge is 2.27. The summed E-state index contributed by atoms with van der Waals surface area (Å²) in [6.07, 6.45) is 1.36. The molecule has 0 radical (unpaired) electrons. The van der Waals surface area contributed by atoms with Crippen molar-refractivity contribution >= 4 is 23.2 Å². The van der Waals surface area contributed by atoms with E-state index in [1.54, 1.807) is 4.90 Å². The topological polar surface area (TPSA) is 69.3 Å². The van der Waals surface area contributed by atoms with Gasteiger partial charge in [0.05, 0.1) is 25.0 Å². The maximum absolute atomic E-state index is 13.7. The van der Waals surface area contributed by atoms with Crippen molar-refractivity contribution < 1.29 is 13.6 Å². The Balaban J connectivity index is 1.75. The Hall–Kier alpha value is -2.48. The predicted molar refractivity (Wildman–Crippen MR) is 83.9 cm³/mol. The van der Waals surface area contributed by atoms with E-state index < -0.39 is 17.2 Å². The molecule has 0 unspecified atom stereocenters. The molecule has 1 aromatic carbocycles. The molecule has 126 valence electrons. The fraction of sp³-hybridized carbons (Fsp3) is 0.267. The highest BCUT2D eigenvalue weighted by atomic mass is 35.5. The molecule has 1 aromatic heterocycles. The molecule has 0 atom stereocenters. The fourth-order valence-corrected chi connectivity index (χ4v) is 2.76. The molecule has 2 heterocycles. The summed E-state index contributed by atoms with van der Waals surface area (Å²) in [5.74, 6) is -1.70. The van der Waals surface area contributed by atoms with Gasteiger partial charge in [0.25, 0.3) is 5.56 Å². The molecule has 1 aliphatic heterocycles. The van der Waals surface area contributed by atoms with Crippen LogP contribution in [0.25, 0.3) is 0 Å². The number of anilines is 1. The van der Waals surface area contributed by atoms with Crippen molar-refractivity contribution in [2.24, 2.45) is 0 Å². The molecule has 0 saturated carbocycles. The van der Waals surface area contributed by atoms with Gasteiger partial charge in [0.2, 0.25) is 5.91 Å². The number of hydrogen-bond donors (Lipinski definition) is 1. The average molecular weight is 355 g/mol. The van der Waals surface area contributed by atoms with Gasteiger partial charge >= 0.3 is 0 Å². The Bertz CT molecular complexity index is 822. The third-order valence-corrected chi connectivity index (χ3v) is 4.21. The second kappa shape index (κ2) is 6.56. The van der Waals surface area contributed by atoms with Crippen molar-refractivity contribution in [1.82, 2.24) is 15.1 Å². The van der Waals surface area contributed by atoms with Gasteiger partial charge in [-0.2, -0.15) is 5.10 Å². The summed E-state index contributed by atoms with van der Waals surface area (Å²) in [7, 11) is 0. The van der Waals surface area contributed by atoms with Crippen molar-refractivity contribution in [3.63, 3.8) is 0 Å². The lowest BCUT2D eigenvalue weighted by Gasteiger charge is -2.35. The zero-order valence-electron chi connectivity index (χ0n) is 12.4. The standard InChI is InChI=1S/C15H13ClF2N4O2/c16-14-12(6-19-20-15(14)24)21-4-5-22(13(23)8-21)7-9-10(17)2-1-3-11(9)18/h1-3,6H,4-5,7-8H2,(H,20,24). The van der Waals surface area contributed by atoms with Crippen LogP contribution in [-0.4, -0.2) is 40.6 Å². The molecule has 3 rings (SSSR count). The second-order valence-electron chi connectivity index (χ2n) is 5.34. The lowest BCUT2D eigenvalue weighted by atomic mass is 10.1. The Kier molecular flexibility index (Phi) is 4.48. The van der Waals surface area contributed by atoms with Gasteiger partial charge in [-0.15, -0.1) is 0 Å². The molecule has 0 spiro atoms. The number of amides is 1. The van der Waals surface area contributed by atoms with E-state index in [0.29, 0.717) is 12.2 Å². The quantitative estimate of drug-likeness (QED) is 0.908. The highest BCUT2D eigenvalue weighted by Crippen LogP contribution is 2.23. The van der Waals surface area contributed by atoms with Crippen LogP contribution in [-0.2, 0) is 11.3 Å². The minimum absolute atomic E-state index is 0.0496. The summed E-state index contributed by atoms with van der Waals surface area (Å²) in [6.45, 7) is 0.413. The SMILES string of the molecule is O=C1CN(c2cn[nH]c(=O)c2Cl)CCN1Cc1c(F)cccc1F. The zero-order chi connectivity index (χ0) is 17.3. The number of rotatable bonds is 3. The predicted octanol–water partition coefficient (Wildman–Crippen LogP) is 1.55. The molecule has 0 bridgehead atoms. The van der Waals surface area contributed by atoms with Crippen LogP contribution in [0.2, 0.25) is 5.02 Å². The number of H-pyrrole nitrogens is 1. The Labute approximate surface area is 140 Å². The van der Waals surface area contributed by atoms with Gasteiger partial charge in [0, 0.05) is 18.7 Å². The lowest BCUT2D eigenvalue weighted by molar-refractivity contribution is -0.131. The summed E-state index contributed by atoms with van der Waals surface area (Å²) < 4.78 is 27.4. The smallest absolute Gasteiger partial charge is 0.285 e. The molecule has 1 saturated heterocycles. The number of aromatic amines is 1. The number of hydrogen-bond acceptors (Lipinski definition) is 4. The zero-order valence-corrected chi connectivity index (χ0v) is 13.2. The molecule has 6 nitrogen and oxygen atoms in total. The molecule has 1 N–H and O–H groups in total. The van der Waals surface area contributed by atoms with Gasteiger partial charge in [-0.1, -0.05) is 17.7 Å². The second-order valence-corrected chi connectivity index (χ2v) is 5.71. The normalized spacial score (nSPS) is 15.0. The first kappa shape index (κ1) is 16.4. The van der Waals surface area contributed by atoms with Gasteiger partial charge in [-0.25, -0.2) is 13.9 Å². The summed E-state index contributed by atoms with van der Waals surface area (Å²) in [6, 6.07) is 3.58. The maximum Gasteiger partial charge on any atom is 0.285 e. The minimum Gasteiger partial charge on any atom is -0.358 e. The van der Waals surface area contributed by atoms with Gasteiger partial charge in [-0.3, -0.25) is 9.59 Å². The third kappa shape index (κ3) is 3.09. The van der Waals surface area contributed by atoms with Crippen LogP contribution in [0.15, 0.2) is 29.2 Å². The van der Waals surface area contributed by atoms with Gasteiger partial charge in [0.1, 0.15) is 16.7 Å². The van der Waals surface area contributed by atoms with E-state index in [2.05, 4.69) is 10.2 Å². The number of carbonyl (C=O) groups excluding carboxylic acids is 1. The molecule has 0 aliphatic carbocycles. The van der Waals surface area contributed by atoms with Crippen LogP contribution in [0.1, 0.15) is 5.56 Å². The molecule has 1 amide bonds. The van der Waals surface area contributed by atoms with E-state index in [1.165, 1.54) is 17.2 Å². The average Bonchev–Trinajstić information content (AvgIpc) is 2.55. The van der Waals surface area contributed by atoms with Crippen LogP contribution < -0.4 is 10.5 Å². The van der Waals surface area contributed by atoms with Crippen molar-refractivity contribution in [2.75, 3.05) is 24.5 Å². The summed E-state index contributed by atoms with van der Waals surface area (Å²) in [5, 5.41) is 5.82. The number of carbonyl (C=O) groups is 1. The summed E-state index contributed by atoms with van der Waals surface area (Å²) >= 11 is 5.93. The van der Waals surface area contributed by atoms with Crippen molar-refractivity contribution in [1.29, 1.82) is 0 Å². The van der Waals surface area contributed by atoms with E-state index in [1.807, 2.05) is 0 Å². The Morgan fingerprint density at radius 1 is 1.21 bits per heavy atom. The lowest BCUT2D eigenvalue weighted by Crippen LogP contribution is -2.50. The number of aromatic nitrogens is 2. The van der Waals surface area contributed by atoms with Crippen LogP contribution in [0, 0.1) is 11.6 Å². The van der Waals surface area contributed by atoms with E-state index in [-0.39, 0.29) is 36.1 Å². The molecule has 1 aliphatic rings. The molecule has 2 aromatic rings. The number of nitrogens with one attached hydrogen (secondary N) is 1. The third-order valence-electron chi connectivity index (χ3n) is 3.85. The first-order valence-electron chi connectivity index (χ1n) is 7.16. The van der Waals surface area contributed by atoms with Gasteiger partial charge < -0.3 is 9.80 Å². The van der Waals surface area contributed by atoms with E-state index >= 15 is 0 Å². The van der Waals surface area contributed by atoms with Crippen molar-refractivity contribution in [3.05, 3.63) is 57.0 Å². The highest BCUT2D eigenvalue weighted by molar-refractivity contribution is 6.33. The first-order valence-corrected chi connectivity index (χ1v) is 7.54. The number of benzene rings is 1. The molecular weight excluding hydrogens is 342 g/mol. The first-order chi connectivity index (χ1) is 11.5. The van der Waals surface area contributed by atoms with E-state index in [9.17, 15) is 18.4 Å². The van der Waals surface area contributed by atoms with Gasteiger partial charge in [-0.05, 0) is 12.1 Å². The minimum atomic E-state index is -0.688.